The van der Waals surface area contributed by atoms with Gasteiger partial charge in [0.2, 0.25) is 11.8 Å². The fourth-order valence-electron chi connectivity index (χ4n) is 3.41. The molecule has 0 bridgehead atoms. The van der Waals surface area contributed by atoms with Crippen molar-refractivity contribution in [2.75, 3.05) is 4.90 Å². The second-order valence-corrected chi connectivity index (χ2v) is 7.09. The first kappa shape index (κ1) is 17.0. The second-order valence-electron chi connectivity index (χ2n) is 6.27. The molecule has 1 aliphatic rings. The lowest BCUT2D eigenvalue weighted by Crippen LogP contribution is -2.43. The summed E-state index contributed by atoms with van der Waals surface area (Å²) in [5.74, 6) is -0.669. The van der Waals surface area contributed by atoms with Crippen LogP contribution in [0, 0.1) is 0 Å². The summed E-state index contributed by atoms with van der Waals surface area (Å²) in [7, 11) is 0. The largest absolute Gasteiger partial charge is 0.274 e. The molecule has 0 aromatic heterocycles. The number of nitrogens with zero attached hydrogens (tertiary/aromatic N) is 1. The van der Waals surface area contributed by atoms with Crippen LogP contribution >= 0.6 is 23.2 Å². The molecule has 0 aliphatic carbocycles. The zero-order valence-electron chi connectivity index (χ0n) is 13.6. The molecule has 0 saturated carbocycles. The molecule has 0 saturated heterocycles. The summed E-state index contributed by atoms with van der Waals surface area (Å²) in [6.07, 6.45) is 0. The van der Waals surface area contributed by atoms with Crippen LogP contribution in [0.15, 0.2) is 42.5 Å². The van der Waals surface area contributed by atoms with Crippen molar-refractivity contribution >= 4 is 40.7 Å². The molecule has 3 rings (SSSR count). The molecule has 1 heterocycles. The van der Waals surface area contributed by atoms with Crippen LogP contribution < -0.4 is 4.90 Å². The summed E-state index contributed by atoms with van der Waals surface area (Å²) in [6, 6.07) is 12.8. The number of anilines is 1. The van der Waals surface area contributed by atoms with Crippen molar-refractivity contribution in [3.63, 3.8) is 0 Å². The third kappa shape index (κ3) is 2.35. The molecule has 2 aromatic carbocycles. The van der Waals surface area contributed by atoms with Gasteiger partial charge >= 0.3 is 0 Å². The third-order valence-electron chi connectivity index (χ3n) is 4.98. The number of hydrogen-bond donors (Lipinski definition) is 0. The van der Waals surface area contributed by atoms with Gasteiger partial charge in [-0.05, 0) is 42.2 Å². The van der Waals surface area contributed by atoms with Gasteiger partial charge in [-0.2, -0.15) is 0 Å². The zero-order chi connectivity index (χ0) is 17.6. The lowest BCUT2D eigenvalue weighted by molar-refractivity contribution is -0.128. The van der Waals surface area contributed by atoms with E-state index in [9.17, 15) is 9.59 Å². The van der Waals surface area contributed by atoms with Crippen molar-refractivity contribution in [2.45, 2.75) is 32.1 Å². The number of carbonyl (C=O) groups is 2. The van der Waals surface area contributed by atoms with E-state index in [1.54, 1.807) is 18.2 Å². The summed E-state index contributed by atoms with van der Waals surface area (Å²) in [5, 5.41) is 0.924. The first-order valence-corrected chi connectivity index (χ1v) is 8.43. The molecule has 124 valence electrons. The first-order valence-electron chi connectivity index (χ1n) is 7.68. The Bertz CT molecular complexity index is 849. The van der Waals surface area contributed by atoms with E-state index in [2.05, 4.69) is 0 Å². The molecule has 24 heavy (non-hydrogen) atoms. The Kier molecular flexibility index (Phi) is 4.18. The van der Waals surface area contributed by atoms with E-state index in [0.717, 1.165) is 11.1 Å². The number of rotatable bonds is 2. The van der Waals surface area contributed by atoms with Gasteiger partial charge in [-0.15, -0.1) is 0 Å². The Morgan fingerprint density at radius 1 is 1.12 bits per heavy atom. The van der Waals surface area contributed by atoms with E-state index in [0.29, 0.717) is 15.7 Å². The number of para-hydroxylation sites is 1. The van der Waals surface area contributed by atoms with E-state index in [1.807, 2.05) is 38.1 Å². The number of carbonyl (C=O) groups excluding carboxylic acids is 2. The summed E-state index contributed by atoms with van der Waals surface area (Å²) >= 11 is 12.1. The summed E-state index contributed by atoms with van der Waals surface area (Å²) in [6.45, 7) is 5.26. The standard InChI is InChI=1S/C19H17Cl2NO2/c1-11(13-8-9-15(20)16(21)10-13)19(3)14-6-4-5-7-17(14)22(12(2)23)18(19)24/h4-11H,1-3H3. The number of imide groups is 1. The van der Waals surface area contributed by atoms with E-state index in [-0.39, 0.29) is 17.7 Å². The van der Waals surface area contributed by atoms with E-state index in [4.69, 9.17) is 23.2 Å². The minimum atomic E-state index is -0.848. The highest BCUT2D eigenvalue weighted by atomic mass is 35.5. The fourth-order valence-corrected chi connectivity index (χ4v) is 3.72. The monoisotopic (exact) mass is 361 g/mol. The molecule has 0 radical (unpaired) electrons. The zero-order valence-corrected chi connectivity index (χ0v) is 15.2. The van der Waals surface area contributed by atoms with Gasteiger partial charge < -0.3 is 0 Å². The normalized spacial score (nSPS) is 20.9. The number of benzene rings is 2. The molecule has 2 aromatic rings. The molecule has 0 spiro atoms. The quantitative estimate of drug-likeness (QED) is 0.758. The van der Waals surface area contributed by atoms with Gasteiger partial charge in [0.25, 0.3) is 0 Å². The van der Waals surface area contributed by atoms with E-state index < -0.39 is 5.41 Å². The summed E-state index contributed by atoms with van der Waals surface area (Å²) in [4.78, 5) is 26.4. The summed E-state index contributed by atoms with van der Waals surface area (Å²) < 4.78 is 0. The maximum absolute atomic E-state index is 13.1. The Morgan fingerprint density at radius 3 is 2.42 bits per heavy atom. The van der Waals surface area contributed by atoms with Gasteiger partial charge in [-0.3, -0.25) is 9.59 Å². The average Bonchev–Trinajstić information content (AvgIpc) is 2.79. The van der Waals surface area contributed by atoms with E-state index in [1.165, 1.54) is 11.8 Å². The van der Waals surface area contributed by atoms with Gasteiger partial charge in [-0.25, -0.2) is 4.90 Å². The van der Waals surface area contributed by atoms with Crippen LogP contribution in [0.3, 0.4) is 0 Å². The molecule has 3 nitrogen and oxygen atoms in total. The molecule has 0 N–H and O–H groups in total. The van der Waals surface area contributed by atoms with Crippen molar-refractivity contribution < 1.29 is 9.59 Å². The van der Waals surface area contributed by atoms with Crippen molar-refractivity contribution in [3.8, 4) is 0 Å². The predicted molar refractivity (Wildman–Crippen MR) is 96.8 cm³/mol. The van der Waals surface area contributed by atoms with Crippen molar-refractivity contribution in [1.82, 2.24) is 0 Å². The smallest absolute Gasteiger partial charge is 0.244 e. The van der Waals surface area contributed by atoms with Crippen LogP contribution in [-0.4, -0.2) is 11.8 Å². The third-order valence-corrected chi connectivity index (χ3v) is 5.72. The highest BCUT2D eigenvalue weighted by Gasteiger charge is 2.52. The number of halogens is 2. The minimum Gasteiger partial charge on any atom is -0.274 e. The van der Waals surface area contributed by atoms with Crippen LogP contribution in [0.2, 0.25) is 10.0 Å². The fraction of sp³-hybridized carbons (Fsp3) is 0.263. The van der Waals surface area contributed by atoms with Gasteiger partial charge in [-0.1, -0.05) is 54.4 Å². The SMILES string of the molecule is CC(=O)N1C(=O)C(C)(C(C)c2ccc(Cl)c(Cl)c2)c2ccccc21. The van der Waals surface area contributed by atoms with Gasteiger partial charge in [0.05, 0.1) is 21.1 Å². The number of amides is 2. The van der Waals surface area contributed by atoms with Crippen molar-refractivity contribution in [1.29, 1.82) is 0 Å². The lowest BCUT2D eigenvalue weighted by atomic mass is 9.70. The molecule has 0 fully saturated rings. The Balaban J connectivity index is 2.16. The predicted octanol–water partition coefficient (Wildman–Crippen LogP) is 4.95. The van der Waals surface area contributed by atoms with Gasteiger partial charge in [0.15, 0.2) is 0 Å². The van der Waals surface area contributed by atoms with Crippen LogP contribution in [0.25, 0.3) is 0 Å². The Morgan fingerprint density at radius 2 is 1.79 bits per heavy atom. The highest BCUT2D eigenvalue weighted by molar-refractivity contribution is 6.42. The van der Waals surface area contributed by atoms with Gasteiger partial charge in [0, 0.05) is 6.92 Å². The molecule has 1 aliphatic heterocycles. The lowest BCUT2D eigenvalue weighted by Gasteiger charge is -2.31. The molecular formula is C19H17Cl2NO2. The van der Waals surface area contributed by atoms with Crippen molar-refractivity contribution in [3.05, 3.63) is 63.6 Å². The second kappa shape index (κ2) is 5.91. The molecule has 5 heteroatoms. The van der Waals surface area contributed by atoms with E-state index >= 15 is 0 Å². The molecule has 2 unspecified atom stereocenters. The number of fused-ring (bicyclic) bond motifs is 1. The maximum atomic E-state index is 13.1. The minimum absolute atomic E-state index is 0.176. The summed E-state index contributed by atoms with van der Waals surface area (Å²) in [5.41, 5.74) is 1.56. The topological polar surface area (TPSA) is 37.4 Å². The van der Waals surface area contributed by atoms with Crippen LogP contribution in [0.4, 0.5) is 5.69 Å². The highest BCUT2D eigenvalue weighted by Crippen LogP contribution is 2.49. The maximum Gasteiger partial charge on any atom is 0.244 e. The van der Waals surface area contributed by atoms with Crippen LogP contribution in [-0.2, 0) is 15.0 Å². The molecular weight excluding hydrogens is 345 g/mol. The number of hydrogen-bond acceptors (Lipinski definition) is 2. The first-order chi connectivity index (χ1) is 11.3. The molecule has 2 amide bonds. The van der Waals surface area contributed by atoms with Gasteiger partial charge in [0.1, 0.15) is 0 Å². The molecule has 2 atom stereocenters. The Labute approximate surface area is 151 Å². The Hall–Kier alpha value is -1.84. The van der Waals surface area contributed by atoms with Crippen LogP contribution in [0.1, 0.15) is 37.8 Å². The van der Waals surface area contributed by atoms with Crippen LogP contribution in [0.5, 0.6) is 0 Å². The average molecular weight is 362 g/mol. The van der Waals surface area contributed by atoms with Crippen molar-refractivity contribution in [2.24, 2.45) is 0 Å².